The Morgan fingerprint density at radius 2 is 2.05 bits per heavy atom. The van der Waals surface area contributed by atoms with Crippen LogP contribution in [0, 0.1) is 0 Å². The number of para-hydroxylation sites is 1. The van der Waals surface area contributed by atoms with E-state index in [2.05, 4.69) is 15.5 Å². The molecule has 21 heavy (non-hydrogen) atoms. The number of carbonyl (C=O) groups is 1. The van der Waals surface area contributed by atoms with Gasteiger partial charge in [0.05, 0.1) is 10.7 Å². The van der Waals surface area contributed by atoms with Crippen LogP contribution in [0.25, 0.3) is 11.3 Å². The first-order chi connectivity index (χ1) is 10.2. The average Bonchev–Trinajstić information content (AvgIpc) is 3.00. The summed E-state index contributed by atoms with van der Waals surface area (Å²) < 4.78 is 5.16. The van der Waals surface area contributed by atoms with Gasteiger partial charge in [-0.2, -0.15) is 0 Å². The molecule has 0 fully saturated rings. The van der Waals surface area contributed by atoms with E-state index in [-0.39, 0.29) is 11.6 Å². The number of hydrogen-bond acceptors (Lipinski definition) is 4. The van der Waals surface area contributed by atoms with Crippen LogP contribution in [-0.2, 0) is 0 Å². The van der Waals surface area contributed by atoms with Gasteiger partial charge in [0.15, 0.2) is 11.5 Å². The topological polar surface area (TPSA) is 68.0 Å². The first-order valence-electron chi connectivity index (χ1n) is 6.17. The van der Waals surface area contributed by atoms with Gasteiger partial charge in [0.1, 0.15) is 0 Å². The summed E-state index contributed by atoms with van der Waals surface area (Å²) in [6.07, 6.45) is 3.29. The van der Waals surface area contributed by atoms with E-state index in [1.165, 1.54) is 0 Å². The van der Waals surface area contributed by atoms with Crippen LogP contribution in [0.1, 0.15) is 10.5 Å². The summed E-state index contributed by atoms with van der Waals surface area (Å²) >= 11 is 5.99. The van der Waals surface area contributed by atoms with Gasteiger partial charge in [0, 0.05) is 24.0 Å². The molecule has 0 atom stereocenters. The summed E-state index contributed by atoms with van der Waals surface area (Å²) in [4.78, 5) is 16.1. The van der Waals surface area contributed by atoms with Crippen molar-refractivity contribution >= 4 is 23.2 Å². The number of nitrogens with one attached hydrogen (secondary N) is 1. The molecule has 3 rings (SSSR count). The summed E-state index contributed by atoms with van der Waals surface area (Å²) in [6.45, 7) is 0. The minimum Gasteiger partial charge on any atom is -0.355 e. The molecule has 5 nitrogen and oxygen atoms in total. The second-order valence-corrected chi connectivity index (χ2v) is 4.66. The molecule has 2 heterocycles. The fourth-order valence-corrected chi connectivity index (χ4v) is 1.96. The van der Waals surface area contributed by atoms with E-state index in [0.717, 1.165) is 5.56 Å². The Kier molecular flexibility index (Phi) is 3.66. The van der Waals surface area contributed by atoms with Crippen molar-refractivity contribution < 1.29 is 9.32 Å². The number of nitrogens with zero attached hydrogens (tertiary/aromatic N) is 2. The lowest BCUT2D eigenvalue weighted by Gasteiger charge is -2.03. The molecule has 6 heteroatoms. The Labute approximate surface area is 125 Å². The summed E-state index contributed by atoms with van der Waals surface area (Å²) in [6, 6.07) is 12.1. The zero-order valence-electron chi connectivity index (χ0n) is 10.8. The van der Waals surface area contributed by atoms with Gasteiger partial charge in [0.25, 0.3) is 5.91 Å². The highest BCUT2D eigenvalue weighted by Crippen LogP contribution is 2.22. The Balaban J connectivity index is 1.80. The molecule has 3 aromatic rings. The first kappa shape index (κ1) is 13.3. The second-order valence-electron chi connectivity index (χ2n) is 4.25. The van der Waals surface area contributed by atoms with Crippen LogP contribution in [0.5, 0.6) is 0 Å². The number of anilines is 1. The Morgan fingerprint density at radius 3 is 2.81 bits per heavy atom. The molecule has 1 amide bonds. The zero-order valence-corrected chi connectivity index (χ0v) is 11.5. The fourth-order valence-electron chi connectivity index (χ4n) is 1.78. The first-order valence-corrected chi connectivity index (χ1v) is 6.55. The lowest BCUT2D eigenvalue weighted by Crippen LogP contribution is -2.12. The van der Waals surface area contributed by atoms with Crippen LogP contribution in [-0.4, -0.2) is 16.0 Å². The molecule has 0 aliphatic rings. The highest BCUT2D eigenvalue weighted by atomic mass is 35.5. The molecule has 0 saturated heterocycles. The molecule has 0 radical (unpaired) electrons. The molecule has 104 valence electrons. The van der Waals surface area contributed by atoms with Gasteiger partial charge in [-0.3, -0.25) is 9.78 Å². The van der Waals surface area contributed by atoms with Gasteiger partial charge in [-0.1, -0.05) is 28.9 Å². The molecule has 0 saturated carbocycles. The van der Waals surface area contributed by atoms with Crippen molar-refractivity contribution in [3.63, 3.8) is 0 Å². The summed E-state index contributed by atoms with van der Waals surface area (Å²) in [5.41, 5.74) is 1.45. The van der Waals surface area contributed by atoms with E-state index in [9.17, 15) is 4.79 Å². The van der Waals surface area contributed by atoms with Crippen LogP contribution in [0.2, 0.25) is 5.02 Å². The molecule has 1 N–H and O–H groups in total. The molecule has 0 aliphatic carbocycles. The predicted molar refractivity (Wildman–Crippen MR) is 79.1 cm³/mol. The number of pyridine rings is 1. The number of halogens is 1. The van der Waals surface area contributed by atoms with Crippen LogP contribution in [0.3, 0.4) is 0 Å². The van der Waals surface area contributed by atoms with E-state index < -0.39 is 0 Å². The summed E-state index contributed by atoms with van der Waals surface area (Å²) in [5, 5.41) is 6.90. The third-order valence-corrected chi connectivity index (χ3v) is 3.14. The van der Waals surface area contributed by atoms with Gasteiger partial charge < -0.3 is 9.84 Å². The zero-order chi connectivity index (χ0) is 14.7. The number of aromatic nitrogens is 2. The molecule has 2 aromatic heterocycles. The van der Waals surface area contributed by atoms with Crippen molar-refractivity contribution in [3.05, 3.63) is 65.6 Å². The standard InChI is InChI=1S/C15H10ClN3O2/c16-11-5-1-2-6-12(11)18-15(20)13-8-14(21-19-13)10-4-3-7-17-9-10/h1-9H,(H,18,20). The largest absolute Gasteiger partial charge is 0.355 e. The fraction of sp³-hybridized carbons (Fsp3) is 0. The number of rotatable bonds is 3. The van der Waals surface area contributed by atoms with Crippen molar-refractivity contribution in [1.82, 2.24) is 10.1 Å². The number of amides is 1. The summed E-state index contributed by atoms with van der Waals surface area (Å²) in [7, 11) is 0. The normalized spacial score (nSPS) is 10.3. The van der Waals surface area contributed by atoms with Crippen LogP contribution in [0.4, 0.5) is 5.69 Å². The smallest absolute Gasteiger partial charge is 0.277 e. The van der Waals surface area contributed by atoms with E-state index >= 15 is 0 Å². The number of carbonyl (C=O) groups excluding carboxylic acids is 1. The third kappa shape index (κ3) is 2.93. The second kappa shape index (κ2) is 5.76. The number of benzene rings is 1. The molecule has 0 unspecified atom stereocenters. The van der Waals surface area contributed by atoms with E-state index in [1.54, 1.807) is 48.8 Å². The van der Waals surface area contributed by atoms with Gasteiger partial charge in [0.2, 0.25) is 0 Å². The minimum absolute atomic E-state index is 0.175. The van der Waals surface area contributed by atoms with Crippen molar-refractivity contribution in [3.8, 4) is 11.3 Å². The average molecular weight is 300 g/mol. The third-order valence-electron chi connectivity index (χ3n) is 2.81. The molecule has 1 aromatic carbocycles. The van der Waals surface area contributed by atoms with Crippen LogP contribution >= 0.6 is 11.6 Å². The van der Waals surface area contributed by atoms with Crippen molar-refractivity contribution in [2.24, 2.45) is 0 Å². The highest BCUT2D eigenvalue weighted by Gasteiger charge is 2.14. The lowest BCUT2D eigenvalue weighted by molar-refractivity contribution is 0.101. The maximum Gasteiger partial charge on any atom is 0.277 e. The molecular weight excluding hydrogens is 290 g/mol. The van der Waals surface area contributed by atoms with Gasteiger partial charge in [-0.25, -0.2) is 0 Å². The molecule has 0 aliphatic heterocycles. The SMILES string of the molecule is O=C(Nc1ccccc1Cl)c1cc(-c2cccnc2)on1. The Morgan fingerprint density at radius 1 is 1.19 bits per heavy atom. The summed E-state index contributed by atoms with van der Waals surface area (Å²) in [5.74, 6) is 0.0920. The predicted octanol–water partition coefficient (Wildman–Crippen LogP) is 3.64. The van der Waals surface area contributed by atoms with Crippen molar-refractivity contribution in [1.29, 1.82) is 0 Å². The van der Waals surface area contributed by atoms with Crippen LogP contribution < -0.4 is 5.32 Å². The molecule has 0 bridgehead atoms. The Bertz CT molecular complexity index is 771. The molecule has 0 spiro atoms. The maximum absolute atomic E-state index is 12.1. The monoisotopic (exact) mass is 299 g/mol. The van der Waals surface area contributed by atoms with Gasteiger partial charge >= 0.3 is 0 Å². The minimum atomic E-state index is -0.387. The Hall–Kier alpha value is -2.66. The van der Waals surface area contributed by atoms with Crippen molar-refractivity contribution in [2.45, 2.75) is 0 Å². The number of hydrogen-bond donors (Lipinski definition) is 1. The van der Waals surface area contributed by atoms with E-state index in [4.69, 9.17) is 16.1 Å². The quantitative estimate of drug-likeness (QED) is 0.801. The van der Waals surface area contributed by atoms with Crippen LogP contribution in [0.15, 0.2) is 59.4 Å². The van der Waals surface area contributed by atoms with E-state index in [0.29, 0.717) is 16.5 Å². The van der Waals surface area contributed by atoms with Crippen molar-refractivity contribution in [2.75, 3.05) is 5.32 Å². The maximum atomic E-state index is 12.1. The lowest BCUT2D eigenvalue weighted by atomic mass is 10.2. The van der Waals surface area contributed by atoms with E-state index in [1.807, 2.05) is 6.07 Å². The van der Waals surface area contributed by atoms with Gasteiger partial charge in [-0.15, -0.1) is 0 Å². The molecular formula is C15H10ClN3O2. The highest BCUT2D eigenvalue weighted by molar-refractivity contribution is 6.33. The van der Waals surface area contributed by atoms with Gasteiger partial charge in [-0.05, 0) is 24.3 Å².